The number of anilines is 1. The van der Waals surface area contributed by atoms with Gasteiger partial charge in [0.05, 0.1) is 18.5 Å². The standard InChI is InChI=1S/C30H33N3O4/c1-3-36-26-15-24(29(34)35)31-18-25(26)33-12-10-30(11-13-33)16-20(17-30)14-23-27(22-7-5-4-6-19(22)2)32-37-28(23)21-8-9-21/h4-7,14-15,18,21H,3,8-13,16-17H2,1-2H3,(H,34,35). The number of carboxylic acid groups (broad SMARTS) is 1. The van der Waals surface area contributed by atoms with Gasteiger partial charge in [0.25, 0.3) is 0 Å². The van der Waals surface area contributed by atoms with Crippen molar-refractivity contribution in [2.45, 2.75) is 58.3 Å². The summed E-state index contributed by atoms with van der Waals surface area (Å²) in [6.45, 7) is 6.35. The van der Waals surface area contributed by atoms with Gasteiger partial charge in [0.2, 0.25) is 0 Å². The van der Waals surface area contributed by atoms with Crippen molar-refractivity contribution >= 4 is 17.7 Å². The van der Waals surface area contributed by atoms with Crippen LogP contribution in [-0.4, -0.2) is 40.9 Å². The van der Waals surface area contributed by atoms with Crippen LogP contribution in [0.1, 0.15) is 78.7 Å². The van der Waals surface area contributed by atoms with Crippen LogP contribution in [0.25, 0.3) is 17.3 Å². The molecule has 0 atom stereocenters. The third-order valence-electron chi connectivity index (χ3n) is 8.19. The summed E-state index contributed by atoms with van der Waals surface area (Å²) < 4.78 is 11.7. The van der Waals surface area contributed by atoms with Crippen LogP contribution in [0.5, 0.6) is 5.75 Å². The first kappa shape index (κ1) is 23.8. The summed E-state index contributed by atoms with van der Waals surface area (Å²) in [5.41, 5.74) is 7.25. The van der Waals surface area contributed by atoms with Crippen LogP contribution in [0, 0.1) is 12.3 Å². The van der Waals surface area contributed by atoms with Gasteiger partial charge < -0.3 is 19.3 Å². The van der Waals surface area contributed by atoms with Crippen molar-refractivity contribution in [1.82, 2.24) is 10.1 Å². The first-order valence-electron chi connectivity index (χ1n) is 13.3. The number of ether oxygens (including phenoxy) is 1. The molecule has 1 N–H and O–H groups in total. The second-order valence-electron chi connectivity index (χ2n) is 10.8. The number of aromatic nitrogens is 2. The fraction of sp³-hybridized carbons (Fsp3) is 0.433. The van der Waals surface area contributed by atoms with Crippen LogP contribution in [0.4, 0.5) is 5.69 Å². The van der Waals surface area contributed by atoms with E-state index < -0.39 is 5.97 Å². The van der Waals surface area contributed by atoms with Gasteiger partial charge >= 0.3 is 5.97 Å². The molecule has 2 aromatic heterocycles. The predicted molar refractivity (Wildman–Crippen MR) is 142 cm³/mol. The highest BCUT2D eigenvalue weighted by molar-refractivity contribution is 5.86. The van der Waals surface area contributed by atoms with E-state index in [-0.39, 0.29) is 5.69 Å². The molecule has 3 heterocycles. The zero-order valence-electron chi connectivity index (χ0n) is 21.5. The molecule has 1 spiro atoms. The molecular formula is C30H33N3O4. The van der Waals surface area contributed by atoms with Gasteiger partial charge in [-0.25, -0.2) is 9.78 Å². The summed E-state index contributed by atoms with van der Waals surface area (Å²) in [4.78, 5) is 17.8. The summed E-state index contributed by atoms with van der Waals surface area (Å²) >= 11 is 0. The van der Waals surface area contributed by atoms with Gasteiger partial charge in [-0.05, 0) is 69.4 Å². The van der Waals surface area contributed by atoms with Crippen molar-refractivity contribution < 1.29 is 19.2 Å². The highest BCUT2D eigenvalue weighted by Gasteiger charge is 2.43. The number of allylic oxidation sites excluding steroid dienone is 1. The molecule has 6 rings (SSSR count). The number of nitrogens with zero attached hydrogens (tertiary/aromatic N) is 3. The van der Waals surface area contributed by atoms with E-state index in [2.05, 4.69) is 52.3 Å². The molecule has 1 aliphatic heterocycles. The molecule has 3 aliphatic rings. The number of hydrogen-bond donors (Lipinski definition) is 1. The van der Waals surface area contributed by atoms with Crippen molar-refractivity contribution in [2.75, 3.05) is 24.6 Å². The van der Waals surface area contributed by atoms with Crippen LogP contribution < -0.4 is 9.64 Å². The van der Waals surface area contributed by atoms with Gasteiger partial charge in [-0.3, -0.25) is 0 Å². The Morgan fingerprint density at radius 2 is 2.00 bits per heavy atom. The fourth-order valence-corrected chi connectivity index (χ4v) is 5.97. The Labute approximate surface area is 217 Å². The number of carbonyl (C=O) groups is 1. The number of hydrogen-bond acceptors (Lipinski definition) is 6. The SMILES string of the molecule is CCOc1cc(C(=O)O)ncc1N1CCC2(CC1)CC(=Cc1c(-c3ccccc3C)noc1C1CC1)C2. The van der Waals surface area contributed by atoms with E-state index >= 15 is 0 Å². The van der Waals surface area contributed by atoms with Gasteiger partial charge in [-0.2, -0.15) is 0 Å². The Kier molecular flexibility index (Phi) is 6.01. The molecule has 7 heteroatoms. The first-order chi connectivity index (χ1) is 18.0. The molecule has 0 unspecified atom stereocenters. The molecule has 3 fully saturated rings. The molecule has 192 valence electrons. The van der Waals surface area contributed by atoms with Crippen LogP contribution in [0.3, 0.4) is 0 Å². The number of aromatic carboxylic acids is 1. The molecule has 0 radical (unpaired) electrons. The molecule has 2 aliphatic carbocycles. The lowest BCUT2D eigenvalue weighted by atomic mass is 9.60. The number of carboxylic acids is 1. The van der Waals surface area contributed by atoms with Crippen molar-refractivity contribution in [3.05, 3.63) is 64.7 Å². The van der Waals surface area contributed by atoms with E-state index in [1.807, 2.05) is 6.92 Å². The second-order valence-corrected chi connectivity index (χ2v) is 10.8. The summed E-state index contributed by atoms with van der Waals surface area (Å²) in [6, 6.07) is 9.94. The molecule has 1 aromatic carbocycles. The first-order valence-corrected chi connectivity index (χ1v) is 13.3. The summed E-state index contributed by atoms with van der Waals surface area (Å²) in [7, 11) is 0. The van der Waals surface area contributed by atoms with Crippen LogP contribution in [-0.2, 0) is 0 Å². The number of aryl methyl sites for hydroxylation is 1. The molecule has 37 heavy (non-hydrogen) atoms. The van der Waals surface area contributed by atoms with Gasteiger partial charge in [-0.15, -0.1) is 0 Å². The zero-order chi connectivity index (χ0) is 25.6. The molecule has 3 aromatic rings. The minimum atomic E-state index is -1.04. The smallest absolute Gasteiger partial charge is 0.354 e. The summed E-state index contributed by atoms with van der Waals surface area (Å²) in [6.07, 6.45) is 10.8. The molecular weight excluding hydrogens is 466 g/mol. The third kappa shape index (κ3) is 4.52. The topological polar surface area (TPSA) is 88.7 Å². The quantitative estimate of drug-likeness (QED) is 0.398. The number of piperidine rings is 1. The summed E-state index contributed by atoms with van der Waals surface area (Å²) in [5.74, 6) is 1.13. The molecule has 2 saturated carbocycles. The number of pyridine rings is 1. The second kappa shape index (κ2) is 9.36. The largest absolute Gasteiger partial charge is 0.492 e. The van der Waals surface area contributed by atoms with E-state index in [4.69, 9.17) is 9.26 Å². The lowest BCUT2D eigenvalue weighted by molar-refractivity contribution is 0.0690. The van der Waals surface area contributed by atoms with E-state index in [0.29, 0.717) is 23.7 Å². The average molecular weight is 500 g/mol. The number of benzene rings is 1. The Morgan fingerprint density at radius 3 is 2.68 bits per heavy atom. The van der Waals surface area contributed by atoms with E-state index in [1.54, 1.807) is 6.20 Å². The average Bonchev–Trinajstić information content (AvgIpc) is 3.64. The molecule has 7 nitrogen and oxygen atoms in total. The van der Waals surface area contributed by atoms with E-state index in [9.17, 15) is 9.90 Å². The number of rotatable bonds is 7. The normalized spacial score (nSPS) is 18.5. The van der Waals surface area contributed by atoms with Gasteiger partial charge in [-0.1, -0.05) is 35.0 Å². The molecule has 0 amide bonds. The maximum Gasteiger partial charge on any atom is 0.354 e. The van der Waals surface area contributed by atoms with Crippen LogP contribution >= 0.6 is 0 Å². The predicted octanol–water partition coefficient (Wildman–Crippen LogP) is 6.48. The van der Waals surface area contributed by atoms with Crippen molar-refractivity contribution in [3.63, 3.8) is 0 Å². The third-order valence-corrected chi connectivity index (χ3v) is 8.19. The fourth-order valence-electron chi connectivity index (χ4n) is 5.97. The van der Waals surface area contributed by atoms with Gasteiger partial charge in [0.15, 0.2) is 5.69 Å². The minimum Gasteiger partial charge on any atom is -0.492 e. The molecule has 1 saturated heterocycles. The highest BCUT2D eigenvalue weighted by atomic mass is 16.5. The Hall–Kier alpha value is -3.61. The monoisotopic (exact) mass is 499 g/mol. The van der Waals surface area contributed by atoms with E-state index in [1.165, 1.54) is 35.6 Å². The zero-order valence-corrected chi connectivity index (χ0v) is 21.5. The lowest BCUT2D eigenvalue weighted by Gasteiger charge is -2.50. The minimum absolute atomic E-state index is 0.0128. The van der Waals surface area contributed by atoms with Crippen LogP contribution in [0.2, 0.25) is 0 Å². The Morgan fingerprint density at radius 1 is 1.24 bits per heavy atom. The van der Waals surface area contributed by atoms with Crippen LogP contribution in [0.15, 0.2) is 46.6 Å². The lowest BCUT2D eigenvalue weighted by Crippen LogP contribution is -2.44. The van der Waals surface area contributed by atoms with Crippen molar-refractivity contribution in [1.29, 1.82) is 0 Å². The highest BCUT2D eigenvalue weighted by Crippen LogP contribution is 2.54. The summed E-state index contributed by atoms with van der Waals surface area (Å²) in [5, 5.41) is 13.8. The van der Waals surface area contributed by atoms with E-state index in [0.717, 1.165) is 61.5 Å². The van der Waals surface area contributed by atoms with Crippen molar-refractivity contribution in [3.8, 4) is 17.0 Å². The van der Waals surface area contributed by atoms with Crippen molar-refractivity contribution in [2.24, 2.45) is 5.41 Å². The maximum absolute atomic E-state index is 11.4. The molecule has 0 bridgehead atoms. The van der Waals surface area contributed by atoms with Gasteiger partial charge in [0, 0.05) is 36.2 Å². The Bertz CT molecular complexity index is 1350. The Balaban J connectivity index is 1.17. The maximum atomic E-state index is 11.4. The van der Waals surface area contributed by atoms with Gasteiger partial charge in [0.1, 0.15) is 17.2 Å².